The molecular weight excluding hydrogens is 284 g/mol. The van der Waals surface area contributed by atoms with Gasteiger partial charge in [0.1, 0.15) is 0 Å². The molecule has 2 aliphatic rings. The number of nitrogens with one attached hydrogen (secondary N) is 2. The zero-order valence-electron chi connectivity index (χ0n) is 11.2. The van der Waals surface area contributed by atoms with E-state index in [1.807, 2.05) is 0 Å². The Morgan fingerprint density at radius 2 is 1.75 bits per heavy atom. The Morgan fingerprint density at radius 3 is 2.35 bits per heavy atom. The summed E-state index contributed by atoms with van der Waals surface area (Å²) in [6.45, 7) is 0. The maximum absolute atomic E-state index is 11.8. The Labute approximate surface area is 118 Å². The van der Waals surface area contributed by atoms with Crippen LogP contribution in [0, 0.1) is 5.92 Å². The van der Waals surface area contributed by atoms with Gasteiger partial charge in [0.05, 0.1) is 17.4 Å². The molecule has 2 amide bonds. The van der Waals surface area contributed by atoms with Crippen LogP contribution in [-0.2, 0) is 14.6 Å². The van der Waals surface area contributed by atoms with E-state index < -0.39 is 27.8 Å². The monoisotopic (exact) mass is 304 g/mol. The number of carbonyl (C=O) groups excluding carboxylic acids is 1. The highest BCUT2D eigenvalue weighted by Gasteiger charge is 2.31. The smallest absolute Gasteiger partial charge is 0.315 e. The lowest BCUT2D eigenvalue weighted by Gasteiger charge is -2.24. The minimum Gasteiger partial charge on any atom is -0.481 e. The molecule has 1 aliphatic carbocycles. The molecular formula is C12H20N2O5S. The van der Waals surface area contributed by atoms with Gasteiger partial charge in [-0.15, -0.1) is 0 Å². The summed E-state index contributed by atoms with van der Waals surface area (Å²) in [7, 11) is -3.05. The van der Waals surface area contributed by atoms with Crippen LogP contribution < -0.4 is 10.6 Å². The van der Waals surface area contributed by atoms with E-state index in [-0.39, 0.29) is 23.6 Å². The Hall–Kier alpha value is -1.31. The van der Waals surface area contributed by atoms with Gasteiger partial charge in [0.25, 0.3) is 0 Å². The zero-order chi connectivity index (χ0) is 14.8. The third kappa shape index (κ3) is 4.09. The second kappa shape index (κ2) is 5.99. The molecule has 1 saturated heterocycles. The van der Waals surface area contributed by atoms with Crippen molar-refractivity contribution in [2.75, 3.05) is 11.5 Å². The van der Waals surface area contributed by atoms with Gasteiger partial charge >= 0.3 is 12.0 Å². The van der Waals surface area contributed by atoms with Gasteiger partial charge in [-0.3, -0.25) is 4.79 Å². The van der Waals surface area contributed by atoms with Crippen molar-refractivity contribution in [3.05, 3.63) is 0 Å². The zero-order valence-corrected chi connectivity index (χ0v) is 12.0. The van der Waals surface area contributed by atoms with Crippen LogP contribution >= 0.6 is 0 Å². The highest BCUT2D eigenvalue weighted by atomic mass is 32.2. The van der Waals surface area contributed by atoms with E-state index in [0.29, 0.717) is 32.1 Å². The number of sulfone groups is 1. The van der Waals surface area contributed by atoms with Crippen LogP contribution in [0.3, 0.4) is 0 Å². The summed E-state index contributed by atoms with van der Waals surface area (Å²) in [5.74, 6) is -1.04. The van der Waals surface area contributed by atoms with Gasteiger partial charge in [0.15, 0.2) is 9.84 Å². The van der Waals surface area contributed by atoms with Crippen LogP contribution in [0.4, 0.5) is 4.79 Å². The lowest BCUT2D eigenvalue weighted by atomic mass is 10.1. The molecule has 1 aliphatic heterocycles. The van der Waals surface area contributed by atoms with E-state index in [2.05, 4.69) is 10.6 Å². The van der Waals surface area contributed by atoms with E-state index in [0.717, 1.165) is 0 Å². The maximum Gasteiger partial charge on any atom is 0.315 e. The van der Waals surface area contributed by atoms with Gasteiger partial charge < -0.3 is 15.7 Å². The lowest BCUT2D eigenvalue weighted by Crippen LogP contribution is -2.49. The molecule has 1 heterocycles. The fraction of sp³-hybridized carbons (Fsp3) is 0.833. The summed E-state index contributed by atoms with van der Waals surface area (Å²) >= 11 is 0. The van der Waals surface area contributed by atoms with Gasteiger partial charge in [-0.05, 0) is 32.1 Å². The average Bonchev–Trinajstić information content (AvgIpc) is 2.75. The van der Waals surface area contributed by atoms with E-state index in [4.69, 9.17) is 5.11 Å². The fourth-order valence-electron chi connectivity index (χ4n) is 2.89. The molecule has 0 aromatic carbocycles. The number of urea groups is 1. The first kappa shape index (κ1) is 15.1. The molecule has 1 saturated carbocycles. The van der Waals surface area contributed by atoms with E-state index >= 15 is 0 Å². The van der Waals surface area contributed by atoms with Crippen molar-refractivity contribution in [2.45, 2.75) is 44.2 Å². The Balaban J connectivity index is 1.77. The SMILES string of the molecule is O=C(NC1CCC(C(=O)O)C1)NC1CCCS(=O)(=O)C1. The standard InChI is InChI=1S/C12H20N2O5S/c15-11(16)8-3-4-9(6-8)13-12(17)14-10-2-1-5-20(18,19)7-10/h8-10H,1-7H2,(H,15,16)(H2,13,14,17). The first-order valence-corrected chi connectivity index (χ1v) is 8.68. The van der Waals surface area contributed by atoms with Crippen molar-refractivity contribution in [2.24, 2.45) is 5.92 Å². The van der Waals surface area contributed by atoms with E-state index in [1.54, 1.807) is 0 Å². The normalized spacial score (nSPS) is 32.5. The van der Waals surface area contributed by atoms with Gasteiger partial charge in [-0.25, -0.2) is 13.2 Å². The summed E-state index contributed by atoms with van der Waals surface area (Å²) in [6.07, 6.45) is 2.88. The molecule has 7 nitrogen and oxygen atoms in total. The molecule has 0 radical (unpaired) electrons. The molecule has 20 heavy (non-hydrogen) atoms. The number of carbonyl (C=O) groups is 2. The quantitative estimate of drug-likeness (QED) is 0.685. The van der Waals surface area contributed by atoms with Crippen molar-refractivity contribution in [1.29, 1.82) is 0 Å². The number of hydrogen-bond donors (Lipinski definition) is 3. The van der Waals surface area contributed by atoms with E-state index in [9.17, 15) is 18.0 Å². The molecule has 2 rings (SSSR count). The van der Waals surface area contributed by atoms with Crippen LogP contribution in [0.15, 0.2) is 0 Å². The molecule has 0 aromatic rings. The molecule has 2 fully saturated rings. The Morgan fingerprint density at radius 1 is 1.05 bits per heavy atom. The molecule has 0 spiro atoms. The third-order valence-electron chi connectivity index (χ3n) is 3.92. The van der Waals surface area contributed by atoms with Crippen LogP contribution in [0.1, 0.15) is 32.1 Å². The van der Waals surface area contributed by atoms with Crippen LogP contribution in [0.2, 0.25) is 0 Å². The first-order chi connectivity index (χ1) is 9.35. The molecule has 0 aromatic heterocycles. The average molecular weight is 304 g/mol. The van der Waals surface area contributed by atoms with Gasteiger partial charge in [-0.1, -0.05) is 0 Å². The van der Waals surface area contributed by atoms with Gasteiger partial charge in [-0.2, -0.15) is 0 Å². The summed E-state index contributed by atoms with van der Waals surface area (Å²) in [5, 5.41) is 14.3. The highest BCUT2D eigenvalue weighted by Crippen LogP contribution is 2.25. The lowest BCUT2D eigenvalue weighted by molar-refractivity contribution is -0.141. The number of carboxylic acids is 1. The molecule has 114 valence electrons. The van der Waals surface area contributed by atoms with Crippen LogP contribution in [0.25, 0.3) is 0 Å². The van der Waals surface area contributed by atoms with Crippen LogP contribution in [0.5, 0.6) is 0 Å². The molecule has 3 atom stereocenters. The van der Waals surface area contributed by atoms with Crippen molar-refractivity contribution < 1.29 is 23.1 Å². The first-order valence-electron chi connectivity index (χ1n) is 6.86. The number of carboxylic acid groups (broad SMARTS) is 1. The summed E-state index contributed by atoms with van der Waals surface area (Å²) in [4.78, 5) is 22.6. The predicted octanol–water partition coefficient (Wildman–Crippen LogP) is 0.116. The maximum atomic E-state index is 11.8. The third-order valence-corrected chi connectivity index (χ3v) is 5.74. The topological polar surface area (TPSA) is 113 Å². The summed E-state index contributed by atoms with van der Waals surface area (Å²) < 4.78 is 22.9. The number of aliphatic carboxylic acids is 1. The molecule has 3 unspecified atom stereocenters. The minimum atomic E-state index is -3.05. The molecule has 0 bridgehead atoms. The van der Waals surface area contributed by atoms with Gasteiger partial charge in [0.2, 0.25) is 0 Å². The van der Waals surface area contributed by atoms with Crippen molar-refractivity contribution in [3.8, 4) is 0 Å². The minimum absolute atomic E-state index is 0.0111. The second-order valence-electron chi connectivity index (χ2n) is 5.62. The van der Waals surface area contributed by atoms with Crippen LogP contribution in [-0.4, -0.2) is 49.1 Å². The van der Waals surface area contributed by atoms with Crippen molar-refractivity contribution in [1.82, 2.24) is 10.6 Å². The number of rotatable bonds is 3. The second-order valence-corrected chi connectivity index (χ2v) is 7.85. The summed E-state index contributed by atoms with van der Waals surface area (Å²) in [6, 6.07) is -0.884. The fourth-order valence-corrected chi connectivity index (χ4v) is 4.52. The summed E-state index contributed by atoms with van der Waals surface area (Å²) in [5.41, 5.74) is 0. The highest BCUT2D eigenvalue weighted by molar-refractivity contribution is 7.91. The van der Waals surface area contributed by atoms with Crippen molar-refractivity contribution in [3.63, 3.8) is 0 Å². The van der Waals surface area contributed by atoms with E-state index in [1.165, 1.54) is 0 Å². The Bertz CT molecular complexity index is 490. The number of hydrogen-bond acceptors (Lipinski definition) is 4. The Kier molecular flexibility index (Phi) is 4.52. The number of amides is 2. The van der Waals surface area contributed by atoms with Crippen molar-refractivity contribution >= 4 is 21.8 Å². The molecule has 3 N–H and O–H groups in total. The predicted molar refractivity (Wildman–Crippen MR) is 72.1 cm³/mol. The molecule has 8 heteroatoms. The van der Waals surface area contributed by atoms with Gasteiger partial charge in [0, 0.05) is 12.1 Å². The largest absolute Gasteiger partial charge is 0.481 e.